The molecule has 0 aliphatic rings. The number of anilines is 1. The van der Waals surface area contributed by atoms with Crippen molar-refractivity contribution in [1.29, 1.82) is 0 Å². The number of methoxy groups -OCH3 is 1. The maximum Gasteiger partial charge on any atom is 0.261 e. The van der Waals surface area contributed by atoms with Crippen LogP contribution in [0.5, 0.6) is 11.6 Å². The average molecular weight is 417 g/mol. The van der Waals surface area contributed by atoms with Crippen molar-refractivity contribution in [2.24, 2.45) is 0 Å². The Labute approximate surface area is 159 Å². The smallest absolute Gasteiger partial charge is 0.261 e. The number of benzene rings is 1. The largest absolute Gasteiger partial charge is 0.438 e. The van der Waals surface area contributed by atoms with Crippen LogP contribution >= 0.6 is 15.9 Å². The van der Waals surface area contributed by atoms with Crippen LogP contribution in [0.2, 0.25) is 0 Å². The number of carbonyl (C=O) groups is 1. The fraction of sp³-hybridized carbons (Fsp3) is 0.167. The standard InChI is InChI=1S/C18H17BrN4O3/c1-25-9-8-23-12-14(11-21-23)22-17(24)16-6-3-7-20-18(16)26-15-5-2-4-13(19)10-15/h2-7,10-12H,8-9H2,1H3,(H,22,24). The highest BCUT2D eigenvalue weighted by molar-refractivity contribution is 9.10. The van der Waals surface area contributed by atoms with Crippen molar-refractivity contribution < 1.29 is 14.3 Å². The van der Waals surface area contributed by atoms with Crippen LogP contribution in [0.1, 0.15) is 10.4 Å². The van der Waals surface area contributed by atoms with Crippen molar-refractivity contribution in [2.45, 2.75) is 6.54 Å². The number of nitrogens with zero attached hydrogens (tertiary/aromatic N) is 3. The summed E-state index contributed by atoms with van der Waals surface area (Å²) in [5.74, 6) is 0.490. The molecule has 8 heteroatoms. The number of hydrogen-bond acceptors (Lipinski definition) is 5. The van der Waals surface area contributed by atoms with Crippen molar-refractivity contribution >= 4 is 27.5 Å². The molecule has 134 valence electrons. The summed E-state index contributed by atoms with van der Waals surface area (Å²) >= 11 is 3.39. The second-order valence-electron chi connectivity index (χ2n) is 5.35. The number of aromatic nitrogens is 3. The predicted octanol–water partition coefficient (Wildman–Crippen LogP) is 3.73. The summed E-state index contributed by atoms with van der Waals surface area (Å²) < 4.78 is 13.3. The Morgan fingerprint density at radius 2 is 2.19 bits per heavy atom. The molecule has 0 unspecified atom stereocenters. The van der Waals surface area contributed by atoms with Gasteiger partial charge in [-0.25, -0.2) is 4.98 Å². The zero-order valence-corrected chi connectivity index (χ0v) is 15.6. The molecule has 7 nitrogen and oxygen atoms in total. The maximum absolute atomic E-state index is 12.6. The third-order valence-electron chi connectivity index (χ3n) is 3.44. The highest BCUT2D eigenvalue weighted by atomic mass is 79.9. The van der Waals surface area contributed by atoms with E-state index in [1.807, 2.05) is 12.1 Å². The second kappa shape index (κ2) is 8.59. The molecular formula is C18H17BrN4O3. The number of carbonyl (C=O) groups excluding carboxylic acids is 1. The van der Waals surface area contributed by atoms with Crippen molar-refractivity contribution in [3.8, 4) is 11.6 Å². The Hall–Kier alpha value is -2.71. The Morgan fingerprint density at radius 1 is 1.31 bits per heavy atom. The van der Waals surface area contributed by atoms with Crippen LogP contribution < -0.4 is 10.1 Å². The molecule has 2 heterocycles. The van der Waals surface area contributed by atoms with E-state index in [2.05, 4.69) is 31.3 Å². The topological polar surface area (TPSA) is 78.3 Å². The Kier molecular flexibility index (Phi) is 5.98. The Balaban J connectivity index is 1.74. The van der Waals surface area contributed by atoms with Gasteiger partial charge in [0.05, 0.1) is 25.0 Å². The van der Waals surface area contributed by atoms with E-state index in [0.717, 1.165) is 4.47 Å². The number of nitrogens with one attached hydrogen (secondary N) is 1. The first-order valence-corrected chi connectivity index (χ1v) is 8.66. The van der Waals surface area contributed by atoms with Crippen LogP contribution in [0.25, 0.3) is 0 Å². The molecule has 1 amide bonds. The highest BCUT2D eigenvalue weighted by Crippen LogP contribution is 2.26. The van der Waals surface area contributed by atoms with Gasteiger partial charge in [-0.3, -0.25) is 9.48 Å². The van der Waals surface area contributed by atoms with Crippen molar-refractivity contribution in [1.82, 2.24) is 14.8 Å². The molecule has 0 aliphatic carbocycles. The van der Waals surface area contributed by atoms with E-state index >= 15 is 0 Å². The van der Waals surface area contributed by atoms with Crippen LogP contribution in [0, 0.1) is 0 Å². The minimum atomic E-state index is -0.325. The molecule has 0 bridgehead atoms. The quantitative estimate of drug-likeness (QED) is 0.634. The van der Waals surface area contributed by atoms with Crippen LogP contribution in [-0.4, -0.2) is 34.4 Å². The van der Waals surface area contributed by atoms with E-state index in [1.54, 1.807) is 54.6 Å². The molecule has 1 aromatic carbocycles. The maximum atomic E-state index is 12.6. The number of pyridine rings is 1. The zero-order chi connectivity index (χ0) is 18.4. The molecule has 0 atom stereocenters. The number of rotatable bonds is 7. The number of halogens is 1. The van der Waals surface area contributed by atoms with Gasteiger partial charge in [0.2, 0.25) is 5.88 Å². The van der Waals surface area contributed by atoms with Crippen molar-refractivity contribution in [3.05, 3.63) is 65.0 Å². The van der Waals surface area contributed by atoms with E-state index in [1.165, 1.54) is 0 Å². The molecule has 0 saturated heterocycles. The zero-order valence-electron chi connectivity index (χ0n) is 14.1. The molecule has 0 aliphatic heterocycles. The van der Waals surface area contributed by atoms with Gasteiger partial charge in [-0.1, -0.05) is 22.0 Å². The van der Waals surface area contributed by atoms with E-state index in [9.17, 15) is 4.79 Å². The normalized spacial score (nSPS) is 10.5. The van der Waals surface area contributed by atoms with Gasteiger partial charge >= 0.3 is 0 Å². The van der Waals surface area contributed by atoms with Crippen LogP contribution in [-0.2, 0) is 11.3 Å². The van der Waals surface area contributed by atoms with Crippen molar-refractivity contribution in [2.75, 3.05) is 19.0 Å². The summed E-state index contributed by atoms with van der Waals surface area (Å²) in [4.78, 5) is 16.8. The lowest BCUT2D eigenvalue weighted by atomic mass is 10.2. The van der Waals surface area contributed by atoms with Gasteiger partial charge in [-0.2, -0.15) is 5.10 Å². The summed E-state index contributed by atoms with van der Waals surface area (Å²) in [6.45, 7) is 1.15. The average Bonchev–Trinajstić information content (AvgIpc) is 3.07. The summed E-state index contributed by atoms with van der Waals surface area (Å²) in [6, 6.07) is 10.7. The fourth-order valence-corrected chi connectivity index (χ4v) is 2.60. The van der Waals surface area contributed by atoms with Crippen LogP contribution in [0.15, 0.2) is 59.5 Å². The molecule has 1 N–H and O–H groups in total. The minimum absolute atomic E-state index is 0.231. The third kappa shape index (κ3) is 4.68. The Bertz CT molecular complexity index is 897. The summed E-state index contributed by atoms with van der Waals surface area (Å²) in [5, 5.41) is 6.97. The van der Waals surface area contributed by atoms with E-state index in [0.29, 0.717) is 30.2 Å². The van der Waals surface area contributed by atoms with Gasteiger partial charge in [0.1, 0.15) is 11.3 Å². The minimum Gasteiger partial charge on any atom is -0.438 e. The molecular weight excluding hydrogens is 400 g/mol. The van der Waals surface area contributed by atoms with Crippen LogP contribution in [0.3, 0.4) is 0 Å². The molecule has 2 aromatic heterocycles. The molecule has 3 aromatic rings. The predicted molar refractivity (Wildman–Crippen MR) is 101 cm³/mol. The van der Waals surface area contributed by atoms with Crippen molar-refractivity contribution in [3.63, 3.8) is 0 Å². The van der Waals surface area contributed by atoms with E-state index < -0.39 is 0 Å². The summed E-state index contributed by atoms with van der Waals surface area (Å²) in [5.41, 5.74) is 0.917. The SMILES string of the molecule is COCCn1cc(NC(=O)c2cccnc2Oc2cccc(Br)c2)cn1. The molecule has 26 heavy (non-hydrogen) atoms. The van der Waals surface area contributed by atoms with Gasteiger partial charge < -0.3 is 14.8 Å². The van der Waals surface area contributed by atoms with E-state index in [4.69, 9.17) is 9.47 Å². The lowest BCUT2D eigenvalue weighted by Gasteiger charge is -2.09. The van der Waals surface area contributed by atoms with Gasteiger partial charge in [0.25, 0.3) is 5.91 Å². The monoisotopic (exact) mass is 416 g/mol. The first-order valence-electron chi connectivity index (χ1n) is 7.87. The van der Waals surface area contributed by atoms with Gasteiger partial charge in [-0.05, 0) is 30.3 Å². The Morgan fingerprint density at radius 3 is 3.00 bits per heavy atom. The molecule has 0 spiro atoms. The van der Waals surface area contributed by atoms with Gasteiger partial charge in [0, 0.05) is 24.0 Å². The van der Waals surface area contributed by atoms with Gasteiger partial charge in [0.15, 0.2) is 0 Å². The lowest BCUT2D eigenvalue weighted by molar-refractivity contribution is 0.102. The molecule has 3 rings (SSSR count). The fourth-order valence-electron chi connectivity index (χ4n) is 2.22. The number of amides is 1. The molecule has 0 fully saturated rings. The molecule has 0 radical (unpaired) electrons. The second-order valence-corrected chi connectivity index (χ2v) is 6.27. The van der Waals surface area contributed by atoms with Crippen LogP contribution in [0.4, 0.5) is 5.69 Å². The lowest BCUT2D eigenvalue weighted by Crippen LogP contribution is -2.13. The van der Waals surface area contributed by atoms with Gasteiger partial charge in [-0.15, -0.1) is 0 Å². The number of ether oxygens (including phenoxy) is 2. The summed E-state index contributed by atoms with van der Waals surface area (Å²) in [7, 11) is 1.63. The molecule has 0 saturated carbocycles. The highest BCUT2D eigenvalue weighted by Gasteiger charge is 2.15. The third-order valence-corrected chi connectivity index (χ3v) is 3.94. The first-order chi connectivity index (χ1) is 12.7. The van der Waals surface area contributed by atoms with E-state index in [-0.39, 0.29) is 11.8 Å². The summed E-state index contributed by atoms with van der Waals surface area (Å²) in [6.07, 6.45) is 4.90. The first kappa shape index (κ1) is 18.1. The number of hydrogen-bond donors (Lipinski definition) is 1.